The van der Waals surface area contributed by atoms with Crippen LogP contribution in [0.5, 0.6) is 0 Å². The first-order valence-corrected chi connectivity index (χ1v) is 25.5. The van der Waals surface area contributed by atoms with Gasteiger partial charge in [-0.1, -0.05) is 196 Å². The fraction of sp³-hybridized carbons (Fsp3) is 0.727. The maximum absolute atomic E-state index is 12.8. The molecule has 61 heavy (non-hydrogen) atoms. The van der Waals surface area contributed by atoms with E-state index >= 15 is 0 Å². The lowest BCUT2D eigenvalue weighted by atomic mass is 10.1. The molecule has 0 radical (unpaired) electrons. The molecule has 0 amide bonds. The summed E-state index contributed by atoms with van der Waals surface area (Å²) in [4.78, 5) is 37.9. The van der Waals surface area contributed by atoms with Gasteiger partial charge in [-0.2, -0.15) is 0 Å². The number of hydrogen-bond donors (Lipinski definition) is 0. The normalized spacial score (nSPS) is 12.6. The van der Waals surface area contributed by atoms with Crippen molar-refractivity contribution in [3.63, 3.8) is 0 Å². The van der Waals surface area contributed by atoms with E-state index in [1.165, 1.54) is 96.3 Å². The van der Waals surface area contributed by atoms with Crippen LogP contribution in [-0.4, -0.2) is 37.2 Å². The summed E-state index contributed by atoms with van der Waals surface area (Å²) in [6.45, 7) is 6.52. The van der Waals surface area contributed by atoms with Gasteiger partial charge in [0.05, 0.1) is 0 Å². The topological polar surface area (TPSA) is 78.9 Å². The summed E-state index contributed by atoms with van der Waals surface area (Å²) in [6.07, 6.45) is 61.6. The molecule has 0 aromatic rings. The Morgan fingerprint density at radius 2 is 0.607 bits per heavy atom. The maximum atomic E-state index is 12.8. The second-order valence-electron chi connectivity index (χ2n) is 16.8. The van der Waals surface area contributed by atoms with Gasteiger partial charge in [-0.05, 0) is 96.3 Å². The molecule has 0 heterocycles. The molecular weight excluding hydrogens is 757 g/mol. The van der Waals surface area contributed by atoms with Gasteiger partial charge < -0.3 is 14.2 Å². The molecule has 0 rings (SSSR count). The van der Waals surface area contributed by atoms with Crippen LogP contribution in [0.15, 0.2) is 72.9 Å². The molecule has 0 aliphatic rings. The summed E-state index contributed by atoms with van der Waals surface area (Å²) in [5, 5.41) is 0. The number of hydrogen-bond acceptors (Lipinski definition) is 6. The zero-order valence-electron chi connectivity index (χ0n) is 39.9. The van der Waals surface area contributed by atoms with E-state index in [1.54, 1.807) is 0 Å². The van der Waals surface area contributed by atoms with Crippen molar-refractivity contribution in [3.05, 3.63) is 72.9 Å². The van der Waals surface area contributed by atoms with Crippen LogP contribution in [0.2, 0.25) is 0 Å². The van der Waals surface area contributed by atoms with E-state index in [9.17, 15) is 14.4 Å². The van der Waals surface area contributed by atoms with Crippen LogP contribution < -0.4 is 0 Å². The molecule has 0 aliphatic carbocycles. The van der Waals surface area contributed by atoms with E-state index in [2.05, 4.69) is 93.7 Å². The van der Waals surface area contributed by atoms with Gasteiger partial charge in [-0.15, -0.1) is 0 Å². The first kappa shape index (κ1) is 57.9. The van der Waals surface area contributed by atoms with Gasteiger partial charge in [0, 0.05) is 19.3 Å². The van der Waals surface area contributed by atoms with Gasteiger partial charge in [0.15, 0.2) is 6.10 Å². The van der Waals surface area contributed by atoms with Gasteiger partial charge in [-0.25, -0.2) is 0 Å². The third-order valence-corrected chi connectivity index (χ3v) is 10.7. The number of esters is 3. The highest BCUT2D eigenvalue weighted by atomic mass is 16.6. The molecule has 0 aromatic heterocycles. The lowest BCUT2D eigenvalue weighted by molar-refractivity contribution is -0.167. The molecule has 0 saturated heterocycles. The number of unbranched alkanes of at least 4 members (excludes halogenated alkanes) is 25. The minimum atomic E-state index is -0.795. The molecular formula is C55H94O6. The molecule has 0 bridgehead atoms. The number of rotatable bonds is 45. The smallest absolute Gasteiger partial charge is 0.306 e. The summed E-state index contributed by atoms with van der Waals surface area (Å²) in [7, 11) is 0. The van der Waals surface area contributed by atoms with E-state index in [4.69, 9.17) is 14.2 Å². The third-order valence-electron chi connectivity index (χ3n) is 10.7. The highest BCUT2D eigenvalue weighted by Crippen LogP contribution is 2.13. The summed E-state index contributed by atoms with van der Waals surface area (Å²) in [6, 6.07) is 0. The van der Waals surface area contributed by atoms with Crippen molar-refractivity contribution in [1.29, 1.82) is 0 Å². The summed E-state index contributed by atoms with van der Waals surface area (Å²) in [5.74, 6) is -0.942. The number of carbonyl (C=O) groups is 3. The van der Waals surface area contributed by atoms with Crippen molar-refractivity contribution in [2.24, 2.45) is 0 Å². The average molecular weight is 851 g/mol. The fourth-order valence-corrected chi connectivity index (χ4v) is 6.85. The first-order valence-electron chi connectivity index (χ1n) is 25.5. The molecule has 0 aliphatic heterocycles. The number of ether oxygens (including phenoxy) is 3. The van der Waals surface area contributed by atoms with Crippen molar-refractivity contribution >= 4 is 17.9 Å². The maximum Gasteiger partial charge on any atom is 0.306 e. The highest BCUT2D eigenvalue weighted by molar-refractivity contribution is 5.71. The van der Waals surface area contributed by atoms with Gasteiger partial charge in [0.25, 0.3) is 0 Å². The van der Waals surface area contributed by atoms with Crippen LogP contribution in [-0.2, 0) is 28.6 Å². The van der Waals surface area contributed by atoms with Gasteiger partial charge in [0.1, 0.15) is 13.2 Å². The van der Waals surface area contributed by atoms with Crippen molar-refractivity contribution in [2.45, 2.75) is 245 Å². The molecule has 0 spiro atoms. The molecule has 350 valence electrons. The van der Waals surface area contributed by atoms with Crippen molar-refractivity contribution in [2.75, 3.05) is 13.2 Å². The van der Waals surface area contributed by atoms with Crippen LogP contribution in [0, 0.1) is 0 Å². The van der Waals surface area contributed by atoms with Gasteiger partial charge >= 0.3 is 17.9 Å². The molecule has 0 fully saturated rings. The Balaban J connectivity index is 4.45. The molecule has 0 saturated carbocycles. The van der Waals surface area contributed by atoms with Crippen LogP contribution in [0.1, 0.15) is 239 Å². The van der Waals surface area contributed by atoms with E-state index in [0.717, 1.165) is 103 Å². The van der Waals surface area contributed by atoms with Crippen molar-refractivity contribution in [3.8, 4) is 0 Å². The summed E-state index contributed by atoms with van der Waals surface area (Å²) >= 11 is 0. The van der Waals surface area contributed by atoms with E-state index < -0.39 is 6.10 Å². The lowest BCUT2D eigenvalue weighted by Crippen LogP contribution is -2.30. The number of allylic oxidation sites excluding steroid dienone is 12. The highest BCUT2D eigenvalue weighted by Gasteiger charge is 2.19. The van der Waals surface area contributed by atoms with Crippen LogP contribution in [0.4, 0.5) is 0 Å². The first-order chi connectivity index (χ1) is 30.0. The molecule has 6 nitrogen and oxygen atoms in total. The third kappa shape index (κ3) is 47.7. The number of carbonyl (C=O) groups excluding carboxylic acids is 3. The molecule has 0 aromatic carbocycles. The van der Waals surface area contributed by atoms with Gasteiger partial charge in [-0.3, -0.25) is 14.4 Å². The van der Waals surface area contributed by atoms with Crippen LogP contribution in [0.25, 0.3) is 0 Å². The molecule has 0 N–H and O–H groups in total. The Bertz CT molecular complexity index is 1160. The Morgan fingerprint density at radius 3 is 1.02 bits per heavy atom. The molecule has 1 unspecified atom stereocenters. The zero-order valence-corrected chi connectivity index (χ0v) is 39.9. The van der Waals surface area contributed by atoms with Gasteiger partial charge in [0.2, 0.25) is 0 Å². The quantitative estimate of drug-likeness (QED) is 0.0200. The van der Waals surface area contributed by atoms with E-state index in [1.807, 2.05) is 0 Å². The van der Waals surface area contributed by atoms with Crippen molar-refractivity contribution < 1.29 is 28.6 Å². The Kier molecular flexibility index (Phi) is 46.9. The molecule has 6 heteroatoms. The van der Waals surface area contributed by atoms with E-state index in [-0.39, 0.29) is 31.1 Å². The molecule has 1 atom stereocenters. The predicted octanol–water partition coefficient (Wildman–Crippen LogP) is 16.6. The second-order valence-corrected chi connectivity index (χ2v) is 16.8. The standard InChI is InChI=1S/C55H94O6/c1-4-7-10-13-16-19-22-25-26-27-28-29-31-33-36-39-42-45-48-54(57)60-51-52(50-59-53(56)47-44-41-38-35-32-24-21-18-15-12-9-6-3)61-55(58)49-46-43-40-37-34-30-23-20-17-14-11-8-5-2/h16,18-19,21-22,25-30,34,52H,4-15,17,20,23-24,31-33,35-51H2,1-3H3/b19-16-,21-18-,25-22-,27-26-,29-28-,34-30-. The second kappa shape index (κ2) is 49.5. The minimum absolute atomic E-state index is 0.0939. The Hall–Kier alpha value is -3.15. The summed E-state index contributed by atoms with van der Waals surface area (Å²) in [5.41, 5.74) is 0. The van der Waals surface area contributed by atoms with Crippen LogP contribution >= 0.6 is 0 Å². The lowest BCUT2D eigenvalue weighted by Gasteiger charge is -2.18. The average Bonchev–Trinajstić information content (AvgIpc) is 3.26. The Labute approximate surface area is 376 Å². The fourth-order valence-electron chi connectivity index (χ4n) is 6.85. The summed E-state index contributed by atoms with van der Waals surface area (Å²) < 4.78 is 16.7. The monoisotopic (exact) mass is 851 g/mol. The minimum Gasteiger partial charge on any atom is -0.462 e. The zero-order chi connectivity index (χ0) is 44.4. The largest absolute Gasteiger partial charge is 0.462 e. The Morgan fingerprint density at radius 1 is 0.328 bits per heavy atom. The van der Waals surface area contributed by atoms with Crippen LogP contribution in [0.3, 0.4) is 0 Å². The predicted molar refractivity (Wildman–Crippen MR) is 261 cm³/mol. The SMILES string of the molecule is CCCCC\C=C/C=C\C=C/C=C\CCCCCCCC(=O)OCC(COC(=O)CCCCCCC/C=C\CCCCC)OC(=O)CCCCC/C=C\CCCCCCCC. The van der Waals surface area contributed by atoms with Crippen molar-refractivity contribution in [1.82, 2.24) is 0 Å². The van der Waals surface area contributed by atoms with E-state index in [0.29, 0.717) is 19.3 Å².